The van der Waals surface area contributed by atoms with Gasteiger partial charge in [0.25, 0.3) is 5.91 Å². The number of carbonyl (C=O) groups excluding carboxylic acids is 1. The SMILES string of the molecule is COC1=CC(C)N=C(NC(=O)C2=CNC3C=CC(c4ccccc4C(F)(F)F)NN23)N1. The number of ether oxygens (including phenoxy) is 1. The number of hydrazine groups is 1. The lowest BCUT2D eigenvalue weighted by molar-refractivity contribution is -0.138. The van der Waals surface area contributed by atoms with Crippen LogP contribution in [0.3, 0.4) is 0 Å². The topological polar surface area (TPSA) is 90.0 Å². The van der Waals surface area contributed by atoms with Crippen molar-refractivity contribution in [2.75, 3.05) is 7.11 Å². The Labute approximate surface area is 176 Å². The van der Waals surface area contributed by atoms with Gasteiger partial charge in [-0.15, -0.1) is 0 Å². The Balaban J connectivity index is 1.51. The summed E-state index contributed by atoms with van der Waals surface area (Å²) in [5, 5.41) is 10.0. The zero-order chi connectivity index (χ0) is 22.2. The minimum Gasteiger partial charge on any atom is -0.482 e. The molecule has 8 nitrogen and oxygen atoms in total. The highest BCUT2D eigenvalue weighted by Crippen LogP contribution is 2.36. The molecule has 3 aliphatic heterocycles. The minimum absolute atomic E-state index is 0.0679. The predicted molar refractivity (Wildman–Crippen MR) is 107 cm³/mol. The molecule has 0 aromatic heterocycles. The minimum atomic E-state index is -4.49. The van der Waals surface area contributed by atoms with Gasteiger partial charge >= 0.3 is 6.18 Å². The van der Waals surface area contributed by atoms with E-state index in [1.807, 2.05) is 6.92 Å². The first-order valence-electron chi connectivity index (χ1n) is 9.54. The molecule has 164 valence electrons. The summed E-state index contributed by atoms with van der Waals surface area (Å²) in [6, 6.07) is 4.38. The van der Waals surface area contributed by atoms with Crippen LogP contribution in [0, 0.1) is 0 Å². The third-order valence-electron chi connectivity index (χ3n) is 4.95. The standard InChI is InChI=1S/C20H21F3N6O2/c1-11-9-17(31-2)26-19(25-11)27-18(30)15-10-24-16-8-7-14(28-29(15)16)12-5-3-4-6-13(12)20(21,22)23/h3-11,14,16,24,28H,1-2H3,(H2,25,26,27,30). The van der Waals surface area contributed by atoms with E-state index in [9.17, 15) is 18.0 Å². The van der Waals surface area contributed by atoms with Crippen molar-refractivity contribution in [1.29, 1.82) is 0 Å². The molecule has 1 aromatic carbocycles. The molecule has 3 aliphatic rings. The van der Waals surface area contributed by atoms with Gasteiger partial charge in [0.05, 0.1) is 24.8 Å². The number of methoxy groups -OCH3 is 1. The highest BCUT2D eigenvalue weighted by Gasteiger charge is 2.38. The molecular formula is C20H21F3N6O2. The quantitative estimate of drug-likeness (QED) is 0.543. The Morgan fingerprint density at radius 1 is 1.26 bits per heavy atom. The van der Waals surface area contributed by atoms with Gasteiger partial charge in [-0.25, -0.2) is 10.4 Å². The molecule has 0 aliphatic carbocycles. The molecule has 0 saturated carbocycles. The molecule has 0 bridgehead atoms. The van der Waals surface area contributed by atoms with Crippen LogP contribution >= 0.6 is 0 Å². The lowest BCUT2D eigenvalue weighted by Crippen LogP contribution is -2.52. The van der Waals surface area contributed by atoms with E-state index in [1.54, 1.807) is 24.3 Å². The first-order valence-corrected chi connectivity index (χ1v) is 9.54. The largest absolute Gasteiger partial charge is 0.482 e. The Hall–Kier alpha value is -3.47. The monoisotopic (exact) mass is 434 g/mol. The third kappa shape index (κ3) is 4.22. The fourth-order valence-electron chi connectivity index (χ4n) is 3.54. The summed E-state index contributed by atoms with van der Waals surface area (Å²) in [6.07, 6.45) is 1.69. The second kappa shape index (κ2) is 7.99. The summed E-state index contributed by atoms with van der Waals surface area (Å²) >= 11 is 0. The molecular weight excluding hydrogens is 413 g/mol. The first kappa shape index (κ1) is 20.8. The molecule has 4 rings (SSSR count). The molecule has 3 atom stereocenters. The number of guanidine groups is 1. The molecule has 0 saturated heterocycles. The van der Waals surface area contributed by atoms with E-state index in [0.717, 1.165) is 6.07 Å². The van der Waals surface area contributed by atoms with Crippen LogP contribution in [0.15, 0.2) is 65.3 Å². The van der Waals surface area contributed by atoms with Crippen LogP contribution in [0.2, 0.25) is 0 Å². The Morgan fingerprint density at radius 3 is 2.77 bits per heavy atom. The Bertz CT molecular complexity index is 1000. The number of hydrogen-bond acceptors (Lipinski definition) is 7. The second-order valence-corrected chi connectivity index (χ2v) is 7.12. The lowest BCUT2D eigenvalue weighted by atomic mass is 9.99. The van der Waals surface area contributed by atoms with Gasteiger partial charge in [-0.2, -0.15) is 13.2 Å². The van der Waals surface area contributed by atoms with E-state index in [-0.39, 0.29) is 23.3 Å². The number of fused-ring (bicyclic) bond motifs is 1. The third-order valence-corrected chi connectivity index (χ3v) is 4.95. The van der Waals surface area contributed by atoms with Gasteiger partial charge in [0.15, 0.2) is 5.88 Å². The van der Waals surface area contributed by atoms with Crippen molar-refractivity contribution < 1.29 is 22.7 Å². The van der Waals surface area contributed by atoms with Gasteiger partial charge in [0.1, 0.15) is 11.9 Å². The van der Waals surface area contributed by atoms with Gasteiger partial charge in [-0.05, 0) is 24.6 Å². The zero-order valence-electron chi connectivity index (χ0n) is 16.7. The number of alkyl halides is 3. The number of nitrogens with one attached hydrogen (secondary N) is 4. The normalized spacial score (nSPS) is 24.9. The van der Waals surface area contributed by atoms with Gasteiger partial charge in [-0.1, -0.05) is 24.3 Å². The molecule has 0 radical (unpaired) electrons. The van der Waals surface area contributed by atoms with E-state index in [1.165, 1.54) is 30.5 Å². The van der Waals surface area contributed by atoms with E-state index in [2.05, 4.69) is 26.4 Å². The summed E-state index contributed by atoms with van der Waals surface area (Å²) in [5.41, 5.74) is 2.54. The smallest absolute Gasteiger partial charge is 0.416 e. The second-order valence-electron chi connectivity index (χ2n) is 7.12. The molecule has 3 unspecified atom stereocenters. The van der Waals surface area contributed by atoms with Crippen molar-refractivity contribution in [2.24, 2.45) is 4.99 Å². The maximum Gasteiger partial charge on any atom is 0.416 e. The average molecular weight is 434 g/mol. The van der Waals surface area contributed by atoms with Crippen molar-refractivity contribution in [3.05, 3.63) is 71.4 Å². The van der Waals surface area contributed by atoms with Crippen LogP contribution in [0.1, 0.15) is 24.1 Å². The summed E-state index contributed by atoms with van der Waals surface area (Å²) < 4.78 is 45.5. The van der Waals surface area contributed by atoms with Gasteiger partial charge in [0.2, 0.25) is 5.96 Å². The van der Waals surface area contributed by atoms with Crippen molar-refractivity contribution in [1.82, 2.24) is 26.4 Å². The summed E-state index contributed by atoms with van der Waals surface area (Å²) in [5.74, 6) is 0.182. The maximum absolute atomic E-state index is 13.4. The van der Waals surface area contributed by atoms with Crippen molar-refractivity contribution in [3.63, 3.8) is 0 Å². The molecule has 3 heterocycles. The van der Waals surface area contributed by atoms with E-state index >= 15 is 0 Å². The van der Waals surface area contributed by atoms with E-state index < -0.39 is 29.9 Å². The highest BCUT2D eigenvalue weighted by molar-refractivity contribution is 6.05. The van der Waals surface area contributed by atoms with Crippen LogP contribution in [-0.4, -0.2) is 36.2 Å². The molecule has 0 fully saturated rings. The molecule has 0 spiro atoms. The number of benzene rings is 1. The fourth-order valence-corrected chi connectivity index (χ4v) is 3.54. The van der Waals surface area contributed by atoms with Crippen molar-refractivity contribution >= 4 is 11.9 Å². The number of amides is 1. The summed E-state index contributed by atoms with van der Waals surface area (Å²) in [7, 11) is 1.49. The molecule has 1 amide bonds. The maximum atomic E-state index is 13.4. The van der Waals surface area contributed by atoms with E-state index in [0.29, 0.717) is 5.88 Å². The number of carbonyl (C=O) groups is 1. The van der Waals surface area contributed by atoms with Crippen LogP contribution in [0.4, 0.5) is 13.2 Å². The number of halogens is 3. The molecule has 1 aromatic rings. The van der Waals surface area contributed by atoms with Crippen molar-refractivity contribution in [2.45, 2.75) is 31.3 Å². The highest BCUT2D eigenvalue weighted by atomic mass is 19.4. The Kier molecular flexibility index (Phi) is 5.36. The zero-order valence-corrected chi connectivity index (χ0v) is 16.7. The van der Waals surface area contributed by atoms with Crippen LogP contribution in [-0.2, 0) is 15.7 Å². The fraction of sp³-hybridized carbons (Fsp3) is 0.300. The first-order chi connectivity index (χ1) is 14.8. The Morgan fingerprint density at radius 2 is 2.03 bits per heavy atom. The van der Waals surface area contributed by atoms with Crippen LogP contribution in [0.25, 0.3) is 0 Å². The summed E-state index contributed by atoms with van der Waals surface area (Å²) in [4.78, 5) is 17.1. The lowest BCUT2D eigenvalue weighted by Gasteiger charge is -2.35. The van der Waals surface area contributed by atoms with Crippen LogP contribution in [0.5, 0.6) is 0 Å². The molecule has 11 heteroatoms. The molecule has 31 heavy (non-hydrogen) atoms. The number of nitrogens with zero attached hydrogens (tertiary/aromatic N) is 2. The number of aliphatic imine (C=N–C) groups is 1. The average Bonchev–Trinajstić information content (AvgIpc) is 3.16. The van der Waals surface area contributed by atoms with Gasteiger partial charge in [-0.3, -0.25) is 20.4 Å². The number of rotatable bonds is 3. The van der Waals surface area contributed by atoms with Crippen molar-refractivity contribution in [3.8, 4) is 0 Å². The van der Waals surface area contributed by atoms with Crippen LogP contribution < -0.4 is 21.4 Å². The predicted octanol–water partition coefficient (Wildman–Crippen LogP) is 1.85. The van der Waals surface area contributed by atoms with Gasteiger partial charge in [0, 0.05) is 12.3 Å². The molecule has 4 N–H and O–H groups in total. The summed E-state index contributed by atoms with van der Waals surface area (Å²) in [6.45, 7) is 1.83. The van der Waals surface area contributed by atoms with E-state index in [4.69, 9.17) is 4.74 Å². The number of hydrogen-bond donors (Lipinski definition) is 4. The van der Waals surface area contributed by atoms with Gasteiger partial charge < -0.3 is 10.1 Å².